The zero-order valence-corrected chi connectivity index (χ0v) is 13.6. The molecule has 3 aromatic rings. The third-order valence-corrected chi connectivity index (χ3v) is 3.57. The topological polar surface area (TPSA) is 72.1 Å². The van der Waals surface area contributed by atoms with Crippen molar-refractivity contribution in [2.45, 2.75) is 0 Å². The Morgan fingerprint density at radius 1 is 1.17 bits per heavy atom. The van der Waals surface area contributed by atoms with E-state index in [1.165, 1.54) is 0 Å². The van der Waals surface area contributed by atoms with Crippen molar-refractivity contribution in [1.82, 2.24) is 20.4 Å². The van der Waals surface area contributed by atoms with E-state index in [2.05, 4.69) is 38.3 Å². The van der Waals surface area contributed by atoms with Crippen molar-refractivity contribution in [1.29, 1.82) is 0 Å². The Bertz CT molecular complexity index is 822. The van der Waals surface area contributed by atoms with Crippen LogP contribution < -0.4 is 10.9 Å². The summed E-state index contributed by atoms with van der Waals surface area (Å²) in [4.78, 5) is 15.9. The summed E-state index contributed by atoms with van der Waals surface area (Å²) in [6.45, 7) is 3.90. The highest BCUT2D eigenvalue weighted by atomic mass is 79.9. The van der Waals surface area contributed by atoms with Crippen molar-refractivity contribution in [2.24, 2.45) is 0 Å². The van der Waals surface area contributed by atoms with Crippen molar-refractivity contribution in [3.8, 4) is 5.69 Å². The number of rotatable bonds is 5. The molecule has 2 heterocycles. The highest BCUT2D eigenvalue weighted by molar-refractivity contribution is 9.10. The van der Waals surface area contributed by atoms with Crippen LogP contribution in [0.5, 0.6) is 0 Å². The Balaban J connectivity index is 1.61. The maximum atomic E-state index is 11.9. The molecule has 0 bridgehead atoms. The number of carbonyl (C=O) groups excluding carboxylic acids is 1. The number of imidazole rings is 1. The SMILES string of the molecule is C=C(NNC(=O)c1ccc(Br)o1)c1ccc(-n2ccnc2)cc1. The number of amides is 1. The van der Waals surface area contributed by atoms with Gasteiger partial charge in [0.15, 0.2) is 10.4 Å². The fourth-order valence-electron chi connectivity index (χ4n) is 1.95. The van der Waals surface area contributed by atoms with Crippen LogP contribution in [0.1, 0.15) is 16.1 Å². The Hall–Kier alpha value is -2.80. The van der Waals surface area contributed by atoms with E-state index in [0.29, 0.717) is 10.4 Å². The molecular weight excluding hydrogens is 360 g/mol. The number of aromatic nitrogens is 2. The van der Waals surface area contributed by atoms with Crippen LogP contribution in [-0.4, -0.2) is 15.5 Å². The lowest BCUT2D eigenvalue weighted by Gasteiger charge is -2.11. The van der Waals surface area contributed by atoms with E-state index >= 15 is 0 Å². The lowest BCUT2D eigenvalue weighted by Crippen LogP contribution is -2.35. The molecule has 1 amide bonds. The summed E-state index contributed by atoms with van der Waals surface area (Å²) in [6.07, 6.45) is 5.31. The van der Waals surface area contributed by atoms with Crippen LogP contribution in [0.4, 0.5) is 0 Å². The number of furan rings is 1. The number of hydrogen-bond donors (Lipinski definition) is 2. The smallest absolute Gasteiger partial charge is 0.305 e. The molecular formula is C16H13BrN4O2. The fraction of sp³-hybridized carbons (Fsp3) is 0. The molecule has 23 heavy (non-hydrogen) atoms. The normalized spacial score (nSPS) is 10.3. The maximum absolute atomic E-state index is 11.9. The van der Waals surface area contributed by atoms with Crippen LogP contribution in [0.2, 0.25) is 0 Å². The molecule has 1 aromatic carbocycles. The molecule has 2 N–H and O–H groups in total. The van der Waals surface area contributed by atoms with E-state index in [0.717, 1.165) is 11.3 Å². The molecule has 0 atom stereocenters. The molecule has 0 aliphatic rings. The summed E-state index contributed by atoms with van der Waals surface area (Å²) in [5, 5.41) is 0. The molecule has 6 nitrogen and oxygen atoms in total. The largest absolute Gasteiger partial charge is 0.444 e. The van der Waals surface area contributed by atoms with Gasteiger partial charge in [0.05, 0.1) is 12.0 Å². The molecule has 0 radical (unpaired) electrons. The first-order chi connectivity index (χ1) is 11.1. The molecule has 0 saturated heterocycles. The van der Waals surface area contributed by atoms with Crippen LogP contribution in [-0.2, 0) is 0 Å². The number of carbonyl (C=O) groups is 1. The molecule has 0 unspecified atom stereocenters. The molecule has 0 fully saturated rings. The minimum Gasteiger partial charge on any atom is -0.444 e. The minimum absolute atomic E-state index is 0.202. The number of benzene rings is 1. The van der Waals surface area contributed by atoms with Gasteiger partial charge in [0.25, 0.3) is 0 Å². The molecule has 116 valence electrons. The van der Waals surface area contributed by atoms with E-state index in [-0.39, 0.29) is 11.7 Å². The second-order valence-electron chi connectivity index (χ2n) is 4.68. The average molecular weight is 373 g/mol. The summed E-state index contributed by atoms with van der Waals surface area (Å²) in [5.41, 5.74) is 7.72. The van der Waals surface area contributed by atoms with Crippen LogP contribution in [0.25, 0.3) is 11.4 Å². The quantitative estimate of drug-likeness (QED) is 0.674. The second-order valence-corrected chi connectivity index (χ2v) is 5.46. The molecule has 0 aliphatic carbocycles. The number of halogens is 1. The maximum Gasteiger partial charge on any atom is 0.305 e. The van der Waals surface area contributed by atoms with Gasteiger partial charge in [0.1, 0.15) is 0 Å². The standard InChI is InChI=1S/C16H13BrN4O2/c1-11(19-20-16(22)14-6-7-15(17)23-14)12-2-4-13(5-3-12)21-9-8-18-10-21/h2-10,19H,1H2,(H,20,22). The number of hydrogen-bond acceptors (Lipinski definition) is 4. The van der Waals surface area contributed by atoms with E-state index in [9.17, 15) is 4.79 Å². The van der Waals surface area contributed by atoms with Gasteiger partial charge < -0.3 is 8.98 Å². The van der Waals surface area contributed by atoms with Crippen LogP contribution in [0.3, 0.4) is 0 Å². The number of nitrogens with one attached hydrogen (secondary N) is 2. The van der Waals surface area contributed by atoms with Gasteiger partial charge in [-0.2, -0.15) is 0 Å². The molecule has 0 spiro atoms. The van der Waals surface area contributed by atoms with Crippen molar-refractivity contribution in [2.75, 3.05) is 0 Å². The predicted molar refractivity (Wildman–Crippen MR) is 89.6 cm³/mol. The van der Waals surface area contributed by atoms with Crippen LogP contribution in [0, 0.1) is 0 Å². The minimum atomic E-state index is -0.383. The van der Waals surface area contributed by atoms with Crippen molar-refractivity contribution >= 4 is 27.5 Å². The number of hydrazine groups is 1. The Morgan fingerprint density at radius 2 is 1.96 bits per heavy atom. The van der Waals surface area contributed by atoms with Gasteiger partial charge in [0.2, 0.25) is 0 Å². The molecule has 0 saturated carbocycles. The molecule has 0 aliphatic heterocycles. The van der Waals surface area contributed by atoms with Crippen LogP contribution >= 0.6 is 15.9 Å². The predicted octanol–water partition coefficient (Wildman–Crippen LogP) is 3.13. The summed E-state index contributed by atoms with van der Waals surface area (Å²) in [5.74, 6) is -0.181. The van der Waals surface area contributed by atoms with Gasteiger partial charge in [-0.05, 0) is 45.8 Å². The van der Waals surface area contributed by atoms with E-state index in [4.69, 9.17) is 4.42 Å². The molecule has 7 heteroatoms. The van der Waals surface area contributed by atoms with Gasteiger partial charge >= 0.3 is 5.91 Å². The van der Waals surface area contributed by atoms with Crippen molar-refractivity contribution < 1.29 is 9.21 Å². The first-order valence-electron chi connectivity index (χ1n) is 6.73. The van der Waals surface area contributed by atoms with Crippen LogP contribution in [0.15, 0.2) is 70.8 Å². The fourth-order valence-corrected chi connectivity index (χ4v) is 2.26. The van der Waals surface area contributed by atoms with Crippen molar-refractivity contribution in [3.05, 3.63) is 77.7 Å². The highest BCUT2D eigenvalue weighted by Gasteiger charge is 2.10. The van der Waals surface area contributed by atoms with Crippen molar-refractivity contribution in [3.63, 3.8) is 0 Å². The van der Waals surface area contributed by atoms with E-state index in [1.54, 1.807) is 24.7 Å². The van der Waals surface area contributed by atoms with Gasteiger partial charge in [0, 0.05) is 18.1 Å². The average Bonchev–Trinajstić information content (AvgIpc) is 3.24. The summed E-state index contributed by atoms with van der Waals surface area (Å²) in [7, 11) is 0. The first kappa shape index (κ1) is 15.1. The van der Waals surface area contributed by atoms with Gasteiger partial charge in [-0.25, -0.2) is 4.98 Å². The highest BCUT2D eigenvalue weighted by Crippen LogP contribution is 2.15. The zero-order chi connectivity index (χ0) is 16.2. The molecule has 3 rings (SSSR count). The second kappa shape index (κ2) is 6.53. The van der Waals surface area contributed by atoms with E-state index < -0.39 is 0 Å². The van der Waals surface area contributed by atoms with Gasteiger partial charge in [-0.3, -0.25) is 15.6 Å². The van der Waals surface area contributed by atoms with E-state index in [1.807, 2.05) is 35.0 Å². The Labute approximate surface area is 140 Å². The number of nitrogens with zero attached hydrogens (tertiary/aromatic N) is 2. The Morgan fingerprint density at radius 3 is 2.57 bits per heavy atom. The lowest BCUT2D eigenvalue weighted by atomic mass is 10.1. The lowest BCUT2D eigenvalue weighted by molar-refractivity contribution is 0.0913. The Kier molecular flexibility index (Phi) is 4.29. The first-order valence-corrected chi connectivity index (χ1v) is 7.52. The summed E-state index contributed by atoms with van der Waals surface area (Å²) >= 11 is 3.15. The van der Waals surface area contributed by atoms with Gasteiger partial charge in [-0.1, -0.05) is 18.7 Å². The van der Waals surface area contributed by atoms with Gasteiger partial charge in [-0.15, -0.1) is 0 Å². The third kappa shape index (κ3) is 3.51. The summed E-state index contributed by atoms with van der Waals surface area (Å²) < 4.78 is 7.56. The summed E-state index contributed by atoms with van der Waals surface area (Å²) in [6, 6.07) is 10.9. The third-order valence-electron chi connectivity index (χ3n) is 3.14. The monoisotopic (exact) mass is 372 g/mol. The zero-order valence-electron chi connectivity index (χ0n) is 12.0. The molecule has 2 aromatic heterocycles.